The van der Waals surface area contributed by atoms with E-state index in [1.165, 1.54) is 4.68 Å². The monoisotopic (exact) mass is 374 g/mol. The van der Waals surface area contributed by atoms with Crippen LogP contribution in [0.3, 0.4) is 0 Å². The average Bonchev–Trinajstić information content (AvgIpc) is 2.86. The van der Waals surface area contributed by atoms with Crippen LogP contribution >= 0.6 is 11.6 Å². The number of allylic oxidation sites excluding steroid dienone is 2. The van der Waals surface area contributed by atoms with E-state index in [1.54, 1.807) is 19.1 Å². The van der Waals surface area contributed by atoms with Gasteiger partial charge in [-0.25, -0.2) is 0 Å². The molecule has 5 heteroatoms. The first kappa shape index (κ1) is 20.2. The number of H-pyrrole nitrogens is 1. The van der Waals surface area contributed by atoms with Crippen molar-refractivity contribution in [2.24, 2.45) is 0 Å². The molecule has 1 N–H and O–H groups in total. The van der Waals surface area contributed by atoms with E-state index in [9.17, 15) is 9.59 Å². The van der Waals surface area contributed by atoms with Crippen LogP contribution in [0.1, 0.15) is 73.3 Å². The number of carbonyl (C=O) groups is 1. The summed E-state index contributed by atoms with van der Waals surface area (Å²) in [6.45, 7) is 12.3. The lowest BCUT2D eigenvalue weighted by Crippen LogP contribution is -2.22. The Morgan fingerprint density at radius 3 is 2.38 bits per heavy atom. The number of hydrogen-bond donors (Lipinski definition) is 1. The number of aryl methyl sites for hydroxylation is 2. The third-order valence-electron chi connectivity index (χ3n) is 4.88. The molecule has 0 aliphatic heterocycles. The maximum Gasteiger partial charge on any atom is 0.278 e. The first-order chi connectivity index (χ1) is 12.2. The minimum Gasteiger partial charge on any atom is -0.299 e. The smallest absolute Gasteiger partial charge is 0.278 e. The number of benzene rings is 1. The van der Waals surface area contributed by atoms with E-state index in [0.717, 1.165) is 35.1 Å². The number of ketones is 1. The van der Waals surface area contributed by atoms with Crippen molar-refractivity contribution in [3.05, 3.63) is 61.0 Å². The second kappa shape index (κ2) is 8.09. The van der Waals surface area contributed by atoms with E-state index in [4.69, 9.17) is 11.6 Å². The highest BCUT2D eigenvalue weighted by Crippen LogP contribution is 2.32. The van der Waals surface area contributed by atoms with Gasteiger partial charge in [0.15, 0.2) is 0 Å². The van der Waals surface area contributed by atoms with Crippen molar-refractivity contribution >= 4 is 23.0 Å². The summed E-state index contributed by atoms with van der Waals surface area (Å²) in [6, 6.07) is 3.45. The Balaban J connectivity index is 2.59. The lowest BCUT2D eigenvalue weighted by molar-refractivity contribution is 0.103. The number of nitrogens with one attached hydrogen (secondary N) is 1. The molecule has 1 aromatic heterocycles. The van der Waals surface area contributed by atoms with Gasteiger partial charge in [-0.2, -0.15) is 0 Å². The molecule has 0 amide bonds. The third kappa shape index (κ3) is 3.70. The summed E-state index contributed by atoms with van der Waals surface area (Å²) in [6.07, 6.45) is 1.87. The number of rotatable bonds is 6. The zero-order valence-electron chi connectivity index (χ0n) is 16.4. The summed E-state index contributed by atoms with van der Waals surface area (Å²) in [5, 5.41) is 3.65. The highest BCUT2D eigenvalue weighted by atomic mass is 35.5. The summed E-state index contributed by atoms with van der Waals surface area (Å²) < 4.78 is 1.53. The van der Waals surface area contributed by atoms with Gasteiger partial charge in [-0.1, -0.05) is 30.5 Å². The lowest BCUT2D eigenvalue weighted by atomic mass is 9.91. The van der Waals surface area contributed by atoms with Gasteiger partial charge < -0.3 is 0 Å². The van der Waals surface area contributed by atoms with Gasteiger partial charge in [0.2, 0.25) is 5.78 Å². The fraction of sp³-hybridized carbons (Fsp3) is 0.429. The van der Waals surface area contributed by atoms with E-state index in [-0.39, 0.29) is 16.9 Å². The molecule has 26 heavy (non-hydrogen) atoms. The average molecular weight is 375 g/mol. The number of halogens is 1. The van der Waals surface area contributed by atoms with Gasteiger partial charge in [0.25, 0.3) is 5.56 Å². The second-order valence-electron chi connectivity index (χ2n) is 6.97. The van der Waals surface area contributed by atoms with Crippen LogP contribution in [0.25, 0.3) is 5.57 Å². The van der Waals surface area contributed by atoms with Crippen LogP contribution in [0.4, 0.5) is 0 Å². The number of nitrogens with zero attached hydrogens (tertiary/aromatic N) is 1. The Morgan fingerprint density at radius 2 is 1.81 bits per heavy atom. The van der Waals surface area contributed by atoms with Crippen LogP contribution in [0, 0.1) is 13.8 Å². The number of aromatic amines is 1. The summed E-state index contributed by atoms with van der Waals surface area (Å²) in [5.74, 6) is -0.254. The van der Waals surface area contributed by atoms with Crippen molar-refractivity contribution in [3.63, 3.8) is 0 Å². The van der Waals surface area contributed by atoms with E-state index in [1.807, 2.05) is 27.7 Å². The molecule has 0 saturated heterocycles. The molecule has 0 spiro atoms. The third-order valence-corrected chi connectivity index (χ3v) is 5.20. The van der Waals surface area contributed by atoms with Crippen LogP contribution in [-0.4, -0.2) is 15.6 Å². The molecule has 4 nitrogen and oxygen atoms in total. The molecule has 0 atom stereocenters. The van der Waals surface area contributed by atoms with Crippen LogP contribution < -0.4 is 5.56 Å². The molecule has 0 aliphatic rings. The standard InChI is InChI=1S/C21H27ClN2O2/c1-7-8-11-24-21(26)19(15(6)23-24)20(25)16-9-10-17(22)18(14(16)5)13(4)12(2)3/h9-10,23H,7-8,11H2,1-6H3. The maximum atomic E-state index is 13.2. The highest BCUT2D eigenvalue weighted by molar-refractivity contribution is 6.32. The first-order valence-corrected chi connectivity index (χ1v) is 9.36. The predicted octanol–water partition coefficient (Wildman–Crippen LogP) is 5.29. The molecule has 2 rings (SSSR count). The zero-order valence-corrected chi connectivity index (χ0v) is 17.2. The van der Waals surface area contributed by atoms with Gasteiger partial charge in [0, 0.05) is 22.8 Å². The molecule has 0 fully saturated rings. The first-order valence-electron chi connectivity index (χ1n) is 8.98. The summed E-state index contributed by atoms with van der Waals surface area (Å²) in [5.41, 5.74) is 4.95. The fourth-order valence-electron chi connectivity index (χ4n) is 3.12. The zero-order chi connectivity index (χ0) is 19.6. The molecule has 0 saturated carbocycles. The van der Waals surface area contributed by atoms with E-state index in [0.29, 0.717) is 22.8 Å². The molecule has 0 bridgehead atoms. The normalized spacial score (nSPS) is 10.9. The summed E-state index contributed by atoms with van der Waals surface area (Å²) >= 11 is 6.40. The Bertz CT molecular complexity index is 928. The van der Waals surface area contributed by atoms with E-state index in [2.05, 4.69) is 12.0 Å². The SMILES string of the molecule is CCCCn1[nH]c(C)c(C(=O)c2ccc(Cl)c(C(C)=C(C)C)c2C)c1=O. The Kier molecular flexibility index (Phi) is 6.30. The molecular weight excluding hydrogens is 348 g/mol. The van der Waals surface area contributed by atoms with Crippen molar-refractivity contribution < 1.29 is 4.79 Å². The Morgan fingerprint density at radius 1 is 1.15 bits per heavy atom. The topological polar surface area (TPSA) is 54.9 Å². The van der Waals surface area contributed by atoms with Gasteiger partial charge in [-0.3, -0.25) is 19.4 Å². The van der Waals surface area contributed by atoms with Crippen molar-refractivity contribution in [2.75, 3.05) is 0 Å². The van der Waals surface area contributed by atoms with Crippen LogP contribution in [0.2, 0.25) is 5.02 Å². The van der Waals surface area contributed by atoms with Crippen molar-refractivity contribution in [1.29, 1.82) is 0 Å². The van der Waals surface area contributed by atoms with Gasteiger partial charge in [0.05, 0.1) is 0 Å². The largest absolute Gasteiger partial charge is 0.299 e. The van der Waals surface area contributed by atoms with Crippen LogP contribution in [0.15, 0.2) is 22.5 Å². The summed E-state index contributed by atoms with van der Waals surface area (Å²) in [4.78, 5) is 25.9. The quantitative estimate of drug-likeness (QED) is 0.698. The molecular formula is C21H27ClN2O2. The second-order valence-corrected chi connectivity index (χ2v) is 7.38. The van der Waals surface area contributed by atoms with Gasteiger partial charge >= 0.3 is 0 Å². The van der Waals surface area contributed by atoms with Gasteiger partial charge in [0.1, 0.15) is 5.56 Å². The van der Waals surface area contributed by atoms with E-state index >= 15 is 0 Å². The fourth-order valence-corrected chi connectivity index (χ4v) is 3.46. The van der Waals surface area contributed by atoms with Gasteiger partial charge in [-0.15, -0.1) is 0 Å². The lowest BCUT2D eigenvalue weighted by Gasteiger charge is -2.14. The summed E-state index contributed by atoms with van der Waals surface area (Å²) in [7, 11) is 0. The molecule has 0 radical (unpaired) electrons. The van der Waals surface area contributed by atoms with Crippen molar-refractivity contribution in [2.45, 2.75) is 60.9 Å². The minimum absolute atomic E-state index is 0.215. The van der Waals surface area contributed by atoms with Crippen molar-refractivity contribution in [3.8, 4) is 0 Å². The van der Waals surface area contributed by atoms with E-state index < -0.39 is 0 Å². The van der Waals surface area contributed by atoms with Crippen LogP contribution in [-0.2, 0) is 6.54 Å². The minimum atomic E-state index is -0.254. The number of aromatic nitrogens is 2. The molecule has 0 unspecified atom stereocenters. The highest BCUT2D eigenvalue weighted by Gasteiger charge is 2.23. The number of hydrogen-bond acceptors (Lipinski definition) is 2. The predicted molar refractivity (Wildman–Crippen MR) is 108 cm³/mol. The van der Waals surface area contributed by atoms with Gasteiger partial charge in [-0.05, 0) is 69.9 Å². The molecule has 0 aliphatic carbocycles. The Labute approximate surface area is 159 Å². The molecule has 2 aromatic rings. The number of carbonyl (C=O) groups excluding carboxylic acids is 1. The maximum absolute atomic E-state index is 13.2. The van der Waals surface area contributed by atoms with Crippen molar-refractivity contribution in [1.82, 2.24) is 9.78 Å². The van der Waals surface area contributed by atoms with Crippen LogP contribution in [0.5, 0.6) is 0 Å². The number of unbranched alkanes of at least 4 members (excludes halogenated alkanes) is 1. The molecule has 140 valence electrons. The molecule has 1 heterocycles. The molecule has 1 aromatic carbocycles. The Hall–Kier alpha value is -2.07.